The van der Waals surface area contributed by atoms with Crippen molar-refractivity contribution in [1.29, 1.82) is 0 Å². The zero-order valence-corrected chi connectivity index (χ0v) is 30.3. The molecule has 6 heteroatoms. The van der Waals surface area contributed by atoms with E-state index >= 15 is 0 Å². The van der Waals surface area contributed by atoms with Crippen LogP contribution in [-0.2, 0) is 0 Å². The first kappa shape index (κ1) is 31.5. The highest BCUT2D eigenvalue weighted by molar-refractivity contribution is 6.21. The zero-order valence-electron chi connectivity index (χ0n) is 30.3. The SMILES string of the molecule is c1ccc(-c2nc(-c3ccccc3)nc(-c3cccc4c3oc3cccc(-c5cc(-c6ccc7c(c6)oc6ccccc67)cc6oc7ccccc7c56)c34)n2)cc1. The third-order valence-electron chi connectivity index (χ3n) is 10.9. The van der Waals surface area contributed by atoms with Gasteiger partial charge in [0.15, 0.2) is 17.5 Å². The standard InChI is InChI=1S/C51H29N3O3/c1-3-13-30(14-4-1)49-52-50(31-15-5-2-6-16-31)54-51(53-49)39-21-11-20-38-46-36(19-12-24-43(46)57-48(38)39)40-27-33(29-45-47(40)37-18-8-10-23-42(37)56-45)32-25-26-35-34-17-7-9-22-41(34)55-44(35)28-32/h1-29H. The van der Waals surface area contributed by atoms with Crippen molar-refractivity contribution in [3.05, 3.63) is 176 Å². The monoisotopic (exact) mass is 731 g/mol. The lowest BCUT2D eigenvalue weighted by Crippen LogP contribution is -2.00. The van der Waals surface area contributed by atoms with Crippen molar-refractivity contribution in [2.24, 2.45) is 0 Å². The number of rotatable bonds is 5. The Morgan fingerprint density at radius 1 is 0.281 bits per heavy atom. The van der Waals surface area contributed by atoms with Crippen LogP contribution in [0, 0.1) is 0 Å². The van der Waals surface area contributed by atoms with E-state index in [9.17, 15) is 0 Å². The van der Waals surface area contributed by atoms with Crippen LogP contribution in [0.4, 0.5) is 0 Å². The maximum atomic E-state index is 6.83. The first-order valence-corrected chi connectivity index (χ1v) is 18.9. The molecule has 0 radical (unpaired) electrons. The molecule has 0 spiro atoms. The highest BCUT2D eigenvalue weighted by Gasteiger charge is 2.22. The van der Waals surface area contributed by atoms with Gasteiger partial charge in [-0.25, -0.2) is 15.0 Å². The summed E-state index contributed by atoms with van der Waals surface area (Å²) in [6.07, 6.45) is 0. The number of para-hydroxylation sites is 3. The maximum Gasteiger partial charge on any atom is 0.167 e. The molecule has 8 aromatic carbocycles. The average Bonchev–Trinajstić information content (AvgIpc) is 3.97. The van der Waals surface area contributed by atoms with Crippen LogP contribution in [0.5, 0.6) is 0 Å². The Morgan fingerprint density at radius 2 is 0.825 bits per heavy atom. The van der Waals surface area contributed by atoms with Crippen molar-refractivity contribution in [3.63, 3.8) is 0 Å². The van der Waals surface area contributed by atoms with Crippen molar-refractivity contribution in [1.82, 2.24) is 15.0 Å². The van der Waals surface area contributed by atoms with Gasteiger partial charge in [-0.1, -0.05) is 127 Å². The second-order valence-corrected chi connectivity index (χ2v) is 14.3. The van der Waals surface area contributed by atoms with E-state index in [0.717, 1.165) is 99.2 Å². The summed E-state index contributed by atoms with van der Waals surface area (Å²) in [5, 5.41) is 6.28. The van der Waals surface area contributed by atoms with Gasteiger partial charge in [-0.2, -0.15) is 0 Å². The number of furan rings is 3. The van der Waals surface area contributed by atoms with Crippen LogP contribution in [0.3, 0.4) is 0 Å². The average molecular weight is 732 g/mol. The quantitative estimate of drug-likeness (QED) is 0.175. The van der Waals surface area contributed by atoms with E-state index in [1.807, 2.05) is 103 Å². The number of nitrogens with zero attached hydrogens (tertiary/aromatic N) is 3. The molecule has 0 saturated carbocycles. The van der Waals surface area contributed by atoms with Crippen molar-refractivity contribution in [3.8, 4) is 56.4 Å². The van der Waals surface area contributed by atoms with Crippen LogP contribution in [0.2, 0.25) is 0 Å². The summed E-state index contributed by atoms with van der Waals surface area (Å²) in [5.41, 5.74) is 11.6. The van der Waals surface area contributed by atoms with Gasteiger partial charge in [0.05, 0.1) is 5.56 Å². The molecular formula is C51H29N3O3. The lowest BCUT2D eigenvalue weighted by Gasteiger charge is -2.10. The molecule has 0 N–H and O–H groups in total. The van der Waals surface area contributed by atoms with Crippen LogP contribution < -0.4 is 0 Å². The van der Waals surface area contributed by atoms with E-state index in [1.54, 1.807) is 0 Å². The molecule has 0 amide bonds. The molecule has 12 rings (SSSR count). The Kier molecular flexibility index (Phi) is 6.83. The van der Waals surface area contributed by atoms with E-state index < -0.39 is 0 Å². The summed E-state index contributed by atoms with van der Waals surface area (Å²) < 4.78 is 19.7. The number of hydrogen-bond acceptors (Lipinski definition) is 6. The number of aromatic nitrogens is 3. The van der Waals surface area contributed by atoms with Crippen molar-refractivity contribution < 1.29 is 13.3 Å². The van der Waals surface area contributed by atoms with Gasteiger partial charge in [-0.05, 0) is 70.8 Å². The molecule has 4 heterocycles. The predicted octanol–water partition coefficient (Wildman–Crippen LogP) is 13.9. The Bertz CT molecular complexity index is 3470. The molecule has 57 heavy (non-hydrogen) atoms. The van der Waals surface area contributed by atoms with Gasteiger partial charge in [-0.15, -0.1) is 0 Å². The molecule has 0 aliphatic heterocycles. The van der Waals surface area contributed by atoms with Gasteiger partial charge in [0, 0.05) is 43.4 Å². The summed E-state index contributed by atoms with van der Waals surface area (Å²) in [4.78, 5) is 15.0. The lowest BCUT2D eigenvalue weighted by molar-refractivity contribution is 0.668. The first-order chi connectivity index (χ1) is 28.2. The number of fused-ring (bicyclic) bond motifs is 9. The van der Waals surface area contributed by atoms with Gasteiger partial charge in [0.2, 0.25) is 0 Å². The van der Waals surface area contributed by atoms with Gasteiger partial charge >= 0.3 is 0 Å². The van der Waals surface area contributed by atoms with Crippen molar-refractivity contribution in [2.75, 3.05) is 0 Å². The van der Waals surface area contributed by atoms with Gasteiger partial charge in [0.25, 0.3) is 0 Å². The van der Waals surface area contributed by atoms with E-state index in [1.165, 1.54) is 0 Å². The van der Waals surface area contributed by atoms with Crippen molar-refractivity contribution in [2.45, 2.75) is 0 Å². The third-order valence-corrected chi connectivity index (χ3v) is 10.9. The highest BCUT2D eigenvalue weighted by atomic mass is 16.3. The summed E-state index contributed by atoms with van der Waals surface area (Å²) in [6, 6.07) is 59.8. The topological polar surface area (TPSA) is 78.1 Å². The van der Waals surface area contributed by atoms with E-state index in [2.05, 4.69) is 72.8 Å². The fourth-order valence-electron chi connectivity index (χ4n) is 8.32. The molecule has 4 aromatic heterocycles. The molecule has 0 unspecified atom stereocenters. The van der Waals surface area contributed by atoms with Crippen LogP contribution in [0.15, 0.2) is 189 Å². The Morgan fingerprint density at radius 3 is 1.60 bits per heavy atom. The van der Waals surface area contributed by atoms with Crippen LogP contribution in [0.25, 0.3) is 122 Å². The van der Waals surface area contributed by atoms with Gasteiger partial charge < -0.3 is 13.3 Å². The second-order valence-electron chi connectivity index (χ2n) is 14.3. The molecule has 12 aromatic rings. The van der Waals surface area contributed by atoms with Gasteiger partial charge in [-0.3, -0.25) is 0 Å². The largest absolute Gasteiger partial charge is 0.456 e. The van der Waals surface area contributed by atoms with E-state index in [0.29, 0.717) is 23.1 Å². The number of benzene rings is 8. The number of hydrogen-bond donors (Lipinski definition) is 0. The highest BCUT2D eigenvalue weighted by Crippen LogP contribution is 2.46. The zero-order chi connectivity index (χ0) is 37.5. The van der Waals surface area contributed by atoms with E-state index in [-0.39, 0.29) is 0 Å². The lowest BCUT2D eigenvalue weighted by atomic mass is 9.91. The van der Waals surface area contributed by atoms with Crippen LogP contribution in [0.1, 0.15) is 0 Å². The predicted molar refractivity (Wildman–Crippen MR) is 229 cm³/mol. The molecule has 266 valence electrons. The van der Waals surface area contributed by atoms with Gasteiger partial charge in [0.1, 0.15) is 33.5 Å². The fraction of sp³-hybridized carbons (Fsp3) is 0. The summed E-state index contributed by atoms with van der Waals surface area (Å²) in [5.74, 6) is 1.74. The minimum Gasteiger partial charge on any atom is -0.456 e. The fourth-order valence-corrected chi connectivity index (χ4v) is 8.32. The molecule has 0 aliphatic rings. The summed E-state index contributed by atoms with van der Waals surface area (Å²) in [7, 11) is 0. The Balaban J connectivity index is 1.09. The molecule has 0 fully saturated rings. The first-order valence-electron chi connectivity index (χ1n) is 18.9. The molecule has 0 bridgehead atoms. The molecule has 6 nitrogen and oxygen atoms in total. The van der Waals surface area contributed by atoms with Crippen molar-refractivity contribution >= 4 is 65.8 Å². The van der Waals surface area contributed by atoms with Crippen LogP contribution in [-0.4, -0.2) is 15.0 Å². The molecule has 0 atom stereocenters. The molecular weight excluding hydrogens is 703 g/mol. The maximum absolute atomic E-state index is 6.83. The van der Waals surface area contributed by atoms with E-state index in [4.69, 9.17) is 28.2 Å². The summed E-state index contributed by atoms with van der Waals surface area (Å²) >= 11 is 0. The second kappa shape index (κ2) is 12.3. The minimum absolute atomic E-state index is 0.542. The molecule has 0 aliphatic carbocycles. The molecule has 0 saturated heterocycles. The Hall–Kier alpha value is -7.83. The van der Waals surface area contributed by atoms with Crippen LogP contribution >= 0.6 is 0 Å². The normalized spacial score (nSPS) is 11.9. The minimum atomic E-state index is 0.542. The Labute approximate surface area is 325 Å². The summed E-state index contributed by atoms with van der Waals surface area (Å²) in [6.45, 7) is 0. The third kappa shape index (κ3) is 5.01. The smallest absolute Gasteiger partial charge is 0.167 e.